The summed E-state index contributed by atoms with van der Waals surface area (Å²) in [4.78, 5) is 3.57. The highest BCUT2D eigenvalue weighted by atomic mass is 17.1. The molecule has 0 aliphatic carbocycles. The van der Waals surface area contributed by atoms with Gasteiger partial charge in [-0.2, -0.15) is 0 Å². The van der Waals surface area contributed by atoms with Gasteiger partial charge < -0.3 is 0 Å². The lowest BCUT2D eigenvalue weighted by Gasteiger charge is -1.90. The predicted octanol–water partition coefficient (Wildman–Crippen LogP) is 2.98. The van der Waals surface area contributed by atoms with Gasteiger partial charge in [0.25, 0.3) is 0 Å². The summed E-state index contributed by atoms with van der Waals surface area (Å²) in [6, 6.07) is 8.48. The Labute approximate surface area is 89.9 Å². The molecule has 4 nitrogen and oxygen atoms in total. The molecule has 86 valence electrons. The van der Waals surface area contributed by atoms with Gasteiger partial charge in [0.05, 0.1) is 6.61 Å². The van der Waals surface area contributed by atoms with Crippen LogP contribution in [0.15, 0.2) is 36.9 Å². The minimum absolute atomic E-state index is 0.208. The summed E-state index contributed by atoms with van der Waals surface area (Å²) in [6.07, 6.45) is 1.46. The first-order chi connectivity index (χ1) is 7.20. The van der Waals surface area contributed by atoms with E-state index in [1.165, 1.54) is 17.2 Å². The highest BCUT2D eigenvalue weighted by Crippen LogP contribution is 1.99. The van der Waals surface area contributed by atoms with Crippen LogP contribution in [0.3, 0.4) is 0 Å². The van der Waals surface area contributed by atoms with Crippen molar-refractivity contribution in [2.45, 2.75) is 13.8 Å². The van der Waals surface area contributed by atoms with Crippen LogP contribution in [0.4, 0.5) is 0 Å². The summed E-state index contributed by atoms with van der Waals surface area (Å²) in [5.74, 6) is 0. The fourth-order valence-electron chi connectivity index (χ4n) is 0.690. The molecule has 0 saturated heterocycles. The molecule has 0 heterocycles. The summed E-state index contributed by atoms with van der Waals surface area (Å²) >= 11 is 0. The predicted molar refractivity (Wildman–Crippen MR) is 60.0 cm³/mol. The molecule has 3 N–H and O–H groups in total. The summed E-state index contributed by atoms with van der Waals surface area (Å²) in [7, 11) is 0. The zero-order valence-corrected chi connectivity index (χ0v) is 9.05. The van der Waals surface area contributed by atoms with E-state index in [4.69, 9.17) is 15.8 Å². The normalized spacial score (nSPS) is 7.80. The Bertz CT molecular complexity index is 210. The monoisotopic (exact) mass is 214 g/mol. The first-order valence-electron chi connectivity index (χ1n) is 4.31. The van der Waals surface area contributed by atoms with Crippen molar-refractivity contribution < 1.29 is 20.7 Å². The van der Waals surface area contributed by atoms with Gasteiger partial charge in [-0.05, 0) is 13.8 Å². The Morgan fingerprint density at radius 3 is 1.60 bits per heavy atom. The van der Waals surface area contributed by atoms with E-state index >= 15 is 0 Å². The summed E-state index contributed by atoms with van der Waals surface area (Å²) in [5, 5.41) is 19.5. The molecule has 0 fully saturated rings. The molecule has 1 rings (SSSR count). The quantitative estimate of drug-likeness (QED) is 0.402. The molecular weight excluding hydrogens is 196 g/mol. The highest BCUT2D eigenvalue weighted by molar-refractivity contribution is 5.19. The van der Waals surface area contributed by atoms with Gasteiger partial charge in [0.2, 0.25) is 0 Å². The lowest BCUT2D eigenvalue weighted by molar-refractivity contribution is -0.231. The number of hydrogen-bond acceptors (Lipinski definition) is 4. The van der Waals surface area contributed by atoms with E-state index in [9.17, 15) is 0 Å². The van der Waals surface area contributed by atoms with Crippen molar-refractivity contribution in [3.05, 3.63) is 48.0 Å². The molecule has 0 spiro atoms. The molecule has 0 radical (unpaired) electrons. The van der Waals surface area contributed by atoms with Crippen LogP contribution in [0.5, 0.6) is 0 Å². The molecule has 4 heteroatoms. The SMILES string of the molecule is C=CCOO.Cc1ccc(C)cc1.OO. The highest BCUT2D eigenvalue weighted by Gasteiger charge is 1.79. The zero-order chi connectivity index (χ0) is 12.1. The van der Waals surface area contributed by atoms with Gasteiger partial charge in [-0.15, -0.1) is 6.58 Å². The maximum Gasteiger partial charge on any atom is 0.0998 e. The smallest absolute Gasteiger partial charge is 0.0998 e. The van der Waals surface area contributed by atoms with Gasteiger partial charge in [-0.1, -0.05) is 41.5 Å². The van der Waals surface area contributed by atoms with Gasteiger partial charge >= 0.3 is 0 Å². The van der Waals surface area contributed by atoms with E-state index in [0.29, 0.717) is 0 Å². The third-order valence-electron chi connectivity index (χ3n) is 1.41. The first-order valence-corrected chi connectivity index (χ1v) is 4.31. The minimum Gasteiger partial charge on any atom is -0.255 e. The zero-order valence-electron chi connectivity index (χ0n) is 9.05. The Balaban J connectivity index is 0. The van der Waals surface area contributed by atoms with Crippen LogP contribution in [0.1, 0.15) is 11.1 Å². The van der Waals surface area contributed by atoms with E-state index < -0.39 is 0 Å². The van der Waals surface area contributed by atoms with E-state index in [0.717, 1.165) is 0 Å². The van der Waals surface area contributed by atoms with Crippen molar-refractivity contribution in [3.63, 3.8) is 0 Å². The molecule has 1 aromatic carbocycles. The molecule has 0 saturated carbocycles. The topological polar surface area (TPSA) is 69.9 Å². The average Bonchev–Trinajstić information content (AvgIpc) is 2.27. The number of hydrogen-bond donors (Lipinski definition) is 3. The number of aryl methyl sites for hydroxylation is 2. The Morgan fingerprint density at radius 1 is 1.13 bits per heavy atom. The van der Waals surface area contributed by atoms with Crippen LogP contribution >= 0.6 is 0 Å². The maximum atomic E-state index is 7.50. The van der Waals surface area contributed by atoms with Crippen molar-refractivity contribution in [2.75, 3.05) is 6.61 Å². The summed E-state index contributed by atoms with van der Waals surface area (Å²) in [6.45, 7) is 7.67. The number of benzene rings is 1. The Morgan fingerprint density at radius 2 is 1.47 bits per heavy atom. The standard InChI is InChI=1S/C8H10.C3H6O2.H2O2/c1-7-3-5-8(2)6-4-7;1-2-3-5-4;1-2/h3-6H,1-2H3;2,4H,1,3H2;1-2H. The van der Waals surface area contributed by atoms with Crippen LogP contribution in [0.25, 0.3) is 0 Å². The van der Waals surface area contributed by atoms with Crippen molar-refractivity contribution in [3.8, 4) is 0 Å². The Hall–Kier alpha value is -1.20. The molecule has 0 aliphatic rings. The molecule has 0 aromatic heterocycles. The maximum absolute atomic E-state index is 7.50. The van der Waals surface area contributed by atoms with E-state index in [1.807, 2.05) is 0 Å². The summed E-state index contributed by atoms with van der Waals surface area (Å²) in [5.41, 5.74) is 2.66. The number of rotatable bonds is 2. The molecular formula is C11H18O4. The molecule has 0 bridgehead atoms. The lowest BCUT2D eigenvalue weighted by Crippen LogP contribution is -1.77. The third-order valence-corrected chi connectivity index (χ3v) is 1.41. The third kappa shape index (κ3) is 12.8. The average molecular weight is 214 g/mol. The minimum atomic E-state index is 0.208. The van der Waals surface area contributed by atoms with Crippen LogP contribution in [0.2, 0.25) is 0 Å². The molecule has 0 aliphatic heterocycles. The molecule has 0 unspecified atom stereocenters. The van der Waals surface area contributed by atoms with E-state index in [-0.39, 0.29) is 6.61 Å². The molecule has 0 amide bonds. The van der Waals surface area contributed by atoms with Crippen LogP contribution in [-0.2, 0) is 4.89 Å². The van der Waals surface area contributed by atoms with E-state index in [1.54, 1.807) is 0 Å². The molecule has 0 atom stereocenters. The lowest BCUT2D eigenvalue weighted by atomic mass is 10.2. The van der Waals surface area contributed by atoms with Crippen molar-refractivity contribution in [1.29, 1.82) is 0 Å². The van der Waals surface area contributed by atoms with Crippen LogP contribution < -0.4 is 0 Å². The van der Waals surface area contributed by atoms with Crippen LogP contribution in [0, 0.1) is 13.8 Å². The first kappa shape index (κ1) is 16.2. The largest absolute Gasteiger partial charge is 0.255 e. The van der Waals surface area contributed by atoms with Crippen molar-refractivity contribution in [1.82, 2.24) is 0 Å². The molecule has 1 aromatic rings. The van der Waals surface area contributed by atoms with Gasteiger partial charge in [0.15, 0.2) is 0 Å². The van der Waals surface area contributed by atoms with Gasteiger partial charge in [-0.3, -0.25) is 15.8 Å². The van der Waals surface area contributed by atoms with Crippen molar-refractivity contribution >= 4 is 0 Å². The van der Waals surface area contributed by atoms with Gasteiger partial charge in [0.1, 0.15) is 0 Å². The second-order valence-corrected chi connectivity index (χ2v) is 2.74. The molecule has 15 heavy (non-hydrogen) atoms. The summed E-state index contributed by atoms with van der Waals surface area (Å²) < 4.78 is 0. The van der Waals surface area contributed by atoms with E-state index in [2.05, 4.69) is 49.6 Å². The Kier molecular flexibility index (Phi) is 13.9. The van der Waals surface area contributed by atoms with Crippen LogP contribution in [-0.4, -0.2) is 22.4 Å². The fourth-order valence-corrected chi connectivity index (χ4v) is 0.690. The van der Waals surface area contributed by atoms with Crippen molar-refractivity contribution in [2.24, 2.45) is 0 Å². The van der Waals surface area contributed by atoms with Gasteiger partial charge in [0, 0.05) is 0 Å². The second kappa shape index (κ2) is 12.8. The fraction of sp³-hybridized carbons (Fsp3) is 0.273. The van der Waals surface area contributed by atoms with Gasteiger partial charge in [-0.25, -0.2) is 4.89 Å². The second-order valence-electron chi connectivity index (χ2n) is 2.74.